The molecule has 0 saturated carbocycles. The predicted octanol–water partition coefficient (Wildman–Crippen LogP) is 0.620. The molecule has 4 nitrogen and oxygen atoms in total. The van der Waals surface area contributed by atoms with E-state index >= 15 is 0 Å². The first-order valence-electron chi connectivity index (χ1n) is 3.59. The quantitative estimate of drug-likeness (QED) is 0.659. The Labute approximate surface area is 71.6 Å². The molecule has 7 heteroatoms. The molecular weight excluding hydrogens is 187 g/mol. The van der Waals surface area contributed by atoms with Gasteiger partial charge in [0, 0.05) is 13.6 Å². The van der Waals surface area contributed by atoms with E-state index < -0.39 is 17.7 Å². The van der Waals surface area contributed by atoms with Gasteiger partial charge in [0.05, 0.1) is 0 Å². The first kappa shape index (κ1) is 9.82. The van der Waals surface area contributed by atoms with Crippen molar-refractivity contribution in [1.82, 2.24) is 14.3 Å². The van der Waals surface area contributed by atoms with Crippen LogP contribution in [-0.2, 0) is 19.8 Å². The first-order chi connectivity index (χ1) is 5.88. The van der Waals surface area contributed by atoms with E-state index in [0.29, 0.717) is 4.57 Å². The van der Waals surface area contributed by atoms with Crippen molar-refractivity contribution in [3.05, 3.63) is 16.3 Å². The zero-order valence-electron chi connectivity index (χ0n) is 7.09. The Morgan fingerprint density at radius 1 is 1.46 bits per heavy atom. The van der Waals surface area contributed by atoms with Crippen molar-refractivity contribution in [3.63, 3.8) is 0 Å². The minimum atomic E-state index is -4.58. The standard InChI is InChI=1S/C6H8F3N3O/c1-3-12-5(13)11(2)4(10-12)6(7,8)9/h3H2,1-2H3. The van der Waals surface area contributed by atoms with Crippen LogP contribution < -0.4 is 5.69 Å². The lowest BCUT2D eigenvalue weighted by Crippen LogP contribution is -2.23. The fourth-order valence-corrected chi connectivity index (χ4v) is 0.941. The SMILES string of the molecule is CCn1nc(C(F)(F)F)n(C)c1=O. The number of halogens is 3. The van der Waals surface area contributed by atoms with Gasteiger partial charge in [0.25, 0.3) is 0 Å². The zero-order chi connectivity index (χ0) is 10.2. The second-order valence-corrected chi connectivity index (χ2v) is 2.48. The van der Waals surface area contributed by atoms with E-state index in [0.717, 1.165) is 11.7 Å². The lowest BCUT2D eigenvalue weighted by molar-refractivity contribution is -0.147. The maximum Gasteiger partial charge on any atom is 0.451 e. The smallest absolute Gasteiger partial charge is 0.274 e. The molecule has 1 heterocycles. The summed E-state index contributed by atoms with van der Waals surface area (Å²) in [5.74, 6) is -1.17. The van der Waals surface area contributed by atoms with Crippen LogP contribution in [0.1, 0.15) is 12.7 Å². The second-order valence-electron chi connectivity index (χ2n) is 2.48. The molecule has 0 aromatic carbocycles. The molecule has 0 N–H and O–H groups in total. The Morgan fingerprint density at radius 3 is 2.23 bits per heavy atom. The molecule has 0 atom stereocenters. The van der Waals surface area contributed by atoms with E-state index in [-0.39, 0.29) is 6.54 Å². The molecule has 0 unspecified atom stereocenters. The van der Waals surface area contributed by atoms with E-state index in [2.05, 4.69) is 5.10 Å². The molecule has 0 aliphatic rings. The number of aromatic nitrogens is 3. The number of alkyl halides is 3. The number of rotatable bonds is 1. The lowest BCUT2D eigenvalue weighted by atomic mass is 10.6. The molecule has 0 radical (unpaired) electrons. The zero-order valence-corrected chi connectivity index (χ0v) is 7.09. The van der Waals surface area contributed by atoms with Gasteiger partial charge in [0.2, 0.25) is 5.82 Å². The van der Waals surface area contributed by atoms with Gasteiger partial charge < -0.3 is 0 Å². The van der Waals surface area contributed by atoms with Crippen molar-refractivity contribution < 1.29 is 13.2 Å². The number of aryl methyl sites for hydroxylation is 1. The third kappa shape index (κ3) is 1.58. The first-order valence-corrected chi connectivity index (χ1v) is 3.59. The van der Waals surface area contributed by atoms with Crippen LogP contribution in [0, 0.1) is 0 Å². The molecule has 0 aliphatic carbocycles. The molecule has 13 heavy (non-hydrogen) atoms. The van der Waals surface area contributed by atoms with Crippen LogP contribution in [0.25, 0.3) is 0 Å². The Balaban J connectivity index is 3.34. The van der Waals surface area contributed by atoms with Gasteiger partial charge in [-0.25, -0.2) is 9.48 Å². The minimum Gasteiger partial charge on any atom is -0.274 e. The summed E-state index contributed by atoms with van der Waals surface area (Å²) in [6.07, 6.45) is -4.58. The van der Waals surface area contributed by atoms with Crippen LogP contribution in [0.5, 0.6) is 0 Å². The van der Waals surface area contributed by atoms with Gasteiger partial charge in [-0.1, -0.05) is 0 Å². The largest absolute Gasteiger partial charge is 0.451 e. The summed E-state index contributed by atoms with van der Waals surface area (Å²) < 4.78 is 37.7. The van der Waals surface area contributed by atoms with E-state index in [9.17, 15) is 18.0 Å². The summed E-state index contributed by atoms with van der Waals surface area (Å²) in [5.41, 5.74) is -0.755. The number of hydrogen-bond donors (Lipinski definition) is 0. The molecule has 0 saturated heterocycles. The maximum absolute atomic E-state index is 12.1. The van der Waals surface area contributed by atoms with E-state index in [1.165, 1.54) is 0 Å². The van der Waals surface area contributed by atoms with Gasteiger partial charge in [-0.15, -0.1) is 5.10 Å². The molecule has 1 aromatic heterocycles. The fourth-order valence-electron chi connectivity index (χ4n) is 0.941. The van der Waals surface area contributed by atoms with Crippen LogP contribution in [0.15, 0.2) is 4.79 Å². The monoisotopic (exact) mass is 195 g/mol. The third-order valence-corrected chi connectivity index (χ3v) is 1.59. The van der Waals surface area contributed by atoms with Crippen molar-refractivity contribution in [2.75, 3.05) is 0 Å². The molecule has 1 aromatic rings. The average molecular weight is 195 g/mol. The van der Waals surface area contributed by atoms with Crippen LogP contribution >= 0.6 is 0 Å². The summed E-state index contributed by atoms with van der Waals surface area (Å²) >= 11 is 0. The van der Waals surface area contributed by atoms with Gasteiger partial charge in [0.15, 0.2) is 0 Å². The summed E-state index contributed by atoms with van der Waals surface area (Å²) in [4.78, 5) is 11.0. The molecule has 0 bridgehead atoms. The Kier molecular flexibility index (Phi) is 2.19. The van der Waals surface area contributed by atoms with E-state index in [1.54, 1.807) is 6.92 Å². The summed E-state index contributed by atoms with van der Waals surface area (Å²) in [5, 5.41) is 3.14. The lowest BCUT2D eigenvalue weighted by Gasteiger charge is -2.02. The van der Waals surface area contributed by atoms with Crippen molar-refractivity contribution in [2.45, 2.75) is 19.6 Å². The molecule has 0 amide bonds. The van der Waals surface area contributed by atoms with Gasteiger partial charge in [-0.05, 0) is 6.92 Å². The van der Waals surface area contributed by atoms with E-state index in [1.807, 2.05) is 0 Å². The normalized spacial score (nSPS) is 12.1. The topological polar surface area (TPSA) is 39.8 Å². The molecule has 0 aliphatic heterocycles. The summed E-state index contributed by atoms with van der Waals surface area (Å²) in [7, 11) is 1.05. The Morgan fingerprint density at radius 2 is 2.00 bits per heavy atom. The minimum absolute atomic E-state index is 0.128. The fraction of sp³-hybridized carbons (Fsp3) is 0.667. The highest BCUT2D eigenvalue weighted by molar-refractivity contribution is 4.91. The van der Waals surface area contributed by atoms with Crippen molar-refractivity contribution >= 4 is 0 Å². The molecule has 1 rings (SSSR count). The molecule has 0 spiro atoms. The summed E-state index contributed by atoms with van der Waals surface area (Å²) in [6, 6.07) is 0. The molecule has 0 fully saturated rings. The van der Waals surface area contributed by atoms with Gasteiger partial charge in [0.1, 0.15) is 0 Å². The van der Waals surface area contributed by atoms with Gasteiger partial charge >= 0.3 is 11.9 Å². The van der Waals surface area contributed by atoms with Crippen molar-refractivity contribution in [1.29, 1.82) is 0 Å². The van der Waals surface area contributed by atoms with Crippen LogP contribution in [0.2, 0.25) is 0 Å². The molecular formula is C6H8F3N3O. The third-order valence-electron chi connectivity index (χ3n) is 1.59. The van der Waals surface area contributed by atoms with E-state index in [4.69, 9.17) is 0 Å². The van der Waals surface area contributed by atoms with Crippen LogP contribution in [0.4, 0.5) is 13.2 Å². The number of hydrogen-bond acceptors (Lipinski definition) is 2. The number of nitrogens with zero attached hydrogens (tertiary/aromatic N) is 3. The second kappa shape index (κ2) is 2.90. The highest BCUT2D eigenvalue weighted by atomic mass is 19.4. The highest BCUT2D eigenvalue weighted by Crippen LogP contribution is 2.25. The summed E-state index contributed by atoms with van der Waals surface area (Å²) in [6.45, 7) is 1.68. The van der Waals surface area contributed by atoms with Crippen molar-refractivity contribution in [2.24, 2.45) is 7.05 Å². The van der Waals surface area contributed by atoms with Crippen LogP contribution in [-0.4, -0.2) is 14.3 Å². The van der Waals surface area contributed by atoms with Crippen molar-refractivity contribution in [3.8, 4) is 0 Å². The molecule has 74 valence electrons. The highest BCUT2D eigenvalue weighted by Gasteiger charge is 2.37. The van der Waals surface area contributed by atoms with Gasteiger partial charge in [-0.3, -0.25) is 4.57 Å². The maximum atomic E-state index is 12.1. The van der Waals surface area contributed by atoms with Crippen LogP contribution in [0.3, 0.4) is 0 Å². The average Bonchev–Trinajstić information content (AvgIpc) is 2.28. The Bertz CT molecular complexity index is 362. The predicted molar refractivity (Wildman–Crippen MR) is 38.1 cm³/mol. The Hall–Kier alpha value is -1.27. The van der Waals surface area contributed by atoms with Gasteiger partial charge in [-0.2, -0.15) is 13.2 Å².